The van der Waals surface area contributed by atoms with E-state index in [4.69, 9.17) is 5.11 Å². The van der Waals surface area contributed by atoms with E-state index in [1.165, 1.54) is 16.4 Å². The first-order valence-electron chi connectivity index (χ1n) is 8.43. The van der Waals surface area contributed by atoms with Crippen molar-refractivity contribution in [2.75, 3.05) is 17.4 Å². The van der Waals surface area contributed by atoms with E-state index in [0.29, 0.717) is 5.69 Å². The number of nitrogens with one attached hydrogen (secondary N) is 1. The maximum atomic E-state index is 13.1. The van der Waals surface area contributed by atoms with E-state index in [2.05, 4.69) is 5.32 Å². The zero-order chi connectivity index (χ0) is 19.9. The minimum atomic E-state index is -3.84. The van der Waals surface area contributed by atoms with Gasteiger partial charge in [-0.3, -0.25) is 13.9 Å². The highest BCUT2D eigenvalue weighted by Gasteiger charge is 2.25. The van der Waals surface area contributed by atoms with Crippen LogP contribution in [-0.4, -0.2) is 38.5 Å². The molecule has 0 bridgehead atoms. The van der Waals surface area contributed by atoms with E-state index in [9.17, 15) is 18.0 Å². The van der Waals surface area contributed by atoms with E-state index in [0.717, 1.165) is 5.56 Å². The molecular formula is C19H22N2O5S. The number of anilines is 1. The molecule has 0 heterocycles. The van der Waals surface area contributed by atoms with E-state index in [-0.39, 0.29) is 30.8 Å². The molecule has 0 aliphatic heterocycles. The Labute approximate surface area is 158 Å². The summed E-state index contributed by atoms with van der Waals surface area (Å²) in [5.41, 5.74) is 1.45. The second kappa shape index (κ2) is 9.18. The summed E-state index contributed by atoms with van der Waals surface area (Å²) in [4.78, 5) is 22.6. The molecule has 2 aromatic rings. The van der Waals surface area contributed by atoms with Gasteiger partial charge in [0.15, 0.2) is 0 Å². The number of carboxylic acid groups (broad SMARTS) is 1. The average Bonchev–Trinajstić information content (AvgIpc) is 2.63. The van der Waals surface area contributed by atoms with Crippen LogP contribution in [0.25, 0.3) is 0 Å². The largest absolute Gasteiger partial charge is 0.481 e. The smallest absolute Gasteiger partial charge is 0.305 e. The highest BCUT2D eigenvalue weighted by Crippen LogP contribution is 2.24. The van der Waals surface area contributed by atoms with E-state index < -0.39 is 21.9 Å². The van der Waals surface area contributed by atoms with Crippen molar-refractivity contribution in [2.45, 2.75) is 24.7 Å². The number of hydrogen-bond acceptors (Lipinski definition) is 4. The number of nitrogens with zero attached hydrogens (tertiary/aromatic N) is 1. The molecule has 0 unspecified atom stereocenters. The molecule has 8 heteroatoms. The van der Waals surface area contributed by atoms with Gasteiger partial charge in [0.25, 0.3) is 10.0 Å². The second-order valence-corrected chi connectivity index (χ2v) is 7.83. The number of carbonyl (C=O) groups excluding carboxylic acids is 1. The monoisotopic (exact) mass is 390 g/mol. The lowest BCUT2D eigenvalue weighted by Crippen LogP contribution is -2.35. The molecule has 2 rings (SSSR count). The summed E-state index contributed by atoms with van der Waals surface area (Å²) in [6.07, 6.45) is -0.269. The van der Waals surface area contributed by atoms with Gasteiger partial charge in [0.05, 0.1) is 17.0 Å². The molecule has 2 aromatic carbocycles. The quantitative estimate of drug-likeness (QED) is 0.683. The first-order valence-corrected chi connectivity index (χ1v) is 9.87. The summed E-state index contributed by atoms with van der Waals surface area (Å²) in [6, 6.07) is 15.0. The molecule has 0 aliphatic carbocycles. The lowest BCUT2D eigenvalue weighted by atomic mass is 10.2. The van der Waals surface area contributed by atoms with Crippen LogP contribution in [0, 0.1) is 6.92 Å². The van der Waals surface area contributed by atoms with Gasteiger partial charge < -0.3 is 10.4 Å². The van der Waals surface area contributed by atoms with Crippen LogP contribution >= 0.6 is 0 Å². The van der Waals surface area contributed by atoms with Crippen LogP contribution in [0.1, 0.15) is 18.4 Å². The van der Waals surface area contributed by atoms with Crippen LogP contribution in [0.15, 0.2) is 59.5 Å². The van der Waals surface area contributed by atoms with Crippen molar-refractivity contribution in [3.05, 3.63) is 60.2 Å². The molecule has 7 nitrogen and oxygen atoms in total. The van der Waals surface area contributed by atoms with E-state index in [1.54, 1.807) is 42.5 Å². The maximum absolute atomic E-state index is 13.1. The highest BCUT2D eigenvalue weighted by atomic mass is 32.2. The molecule has 1 amide bonds. The van der Waals surface area contributed by atoms with Crippen molar-refractivity contribution in [3.8, 4) is 0 Å². The predicted octanol–water partition coefficient (Wildman–Crippen LogP) is 2.17. The topological polar surface area (TPSA) is 104 Å². The molecule has 0 saturated heterocycles. The van der Waals surface area contributed by atoms with Gasteiger partial charge in [0.1, 0.15) is 0 Å². The Kier molecular flexibility index (Phi) is 6.95. The number of carboxylic acids is 1. The third kappa shape index (κ3) is 5.82. The summed E-state index contributed by atoms with van der Waals surface area (Å²) in [5.74, 6) is -1.42. The first kappa shape index (κ1) is 20.4. The normalized spacial score (nSPS) is 11.0. The van der Waals surface area contributed by atoms with Crippen LogP contribution < -0.4 is 9.62 Å². The Morgan fingerprint density at radius 1 is 1.00 bits per heavy atom. The summed E-state index contributed by atoms with van der Waals surface area (Å²) in [7, 11) is -3.84. The Bertz CT molecular complexity index is 880. The summed E-state index contributed by atoms with van der Waals surface area (Å²) in [6.45, 7) is 1.85. The van der Waals surface area contributed by atoms with E-state index >= 15 is 0 Å². The van der Waals surface area contributed by atoms with Gasteiger partial charge in [0, 0.05) is 19.5 Å². The number of aryl methyl sites for hydroxylation is 1. The van der Waals surface area contributed by atoms with Crippen molar-refractivity contribution >= 4 is 27.6 Å². The van der Waals surface area contributed by atoms with Crippen molar-refractivity contribution in [1.29, 1.82) is 0 Å². The highest BCUT2D eigenvalue weighted by molar-refractivity contribution is 7.92. The molecule has 27 heavy (non-hydrogen) atoms. The Balaban J connectivity index is 2.19. The summed E-state index contributed by atoms with van der Waals surface area (Å²) < 4.78 is 27.3. The van der Waals surface area contributed by atoms with E-state index in [1.807, 2.05) is 6.92 Å². The lowest BCUT2D eigenvalue weighted by Gasteiger charge is -2.24. The zero-order valence-corrected chi connectivity index (χ0v) is 15.8. The number of hydrogen-bond donors (Lipinski definition) is 2. The molecule has 0 saturated carbocycles. The van der Waals surface area contributed by atoms with Gasteiger partial charge in [-0.1, -0.05) is 35.9 Å². The van der Waals surface area contributed by atoms with Gasteiger partial charge >= 0.3 is 5.97 Å². The van der Waals surface area contributed by atoms with Gasteiger partial charge in [0.2, 0.25) is 5.91 Å². The fourth-order valence-electron chi connectivity index (χ4n) is 2.42. The average molecular weight is 390 g/mol. The van der Waals surface area contributed by atoms with Crippen molar-refractivity contribution in [1.82, 2.24) is 5.32 Å². The van der Waals surface area contributed by atoms with Gasteiger partial charge in [-0.05, 0) is 31.2 Å². The van der Waals surface area contributed by atoms with Crippen molar-refractivity contribution in [3.63, 3.8) is 0 Å². The molecule has 0 aromatic heterocycles. The molecule has 0 spiro atoms. The van der Waals surface area contributed by atoms with Gasteiger partial charge in [-0.25, -0.2) is 8.42 Å². The first-order chi connectivity index (χ1) is 12.8. The minimum absolute atomic E-state index is 0.00410. The SMILES string of the molecule is Cc1ccc(N(CCC(=O)NCCC(=O)O)S(=O)(=O)c2ccccc2)cc1. The van der Waals surface area contributed by atoms with Gasteiger partial charge in [-0.2, -0.15) is 0 Å². The third-order valence-corrected chi connectivity index (χ3v) is 5.70. The van der Waals surface area contributed by atoms with Crippen LogP contribution in [0.2, 0.25) is 0 Å². The minimum Gasteiger partial charge on any atom is -0.481 e. The number of amides is 1. The van der Waals surface area contributed by atoms with Crippen molar-refractivity contribution in [2.24, 2.45) is 0 Å². The second-order valence-electron chi connectivity index (χ2n) is 5.97. The van der Waals surface area contributed by atoms with Crippen LogP contribution in [-0.2, 0) is 19.6 Å². The molecule has 0 aliphatic rings. The lowest BCUT2D eigenvalue weighted by molar-refractivity contribution is -0.136. The fraction of sp³-hybridized carbons (Fsp3) is 0.263. The Hall–Kier alpha value is -2.87. The molecule has 0 radical (unpaired) electrons. The summed E-state index contributed by atoms with van der Waals surface area (Å²) >= 11 is 0. The zero-order valence-electron chi connectivity index (χ0n) is 15.0. The summed E-state index contributed by atoms with van der Waals surface area (Å²) in [5, 5.41) is 11.1. The molecule has 2 N–H and O–H groups in total. The molecule has 0 fully saturated rings. The number of aliphatic carboxylic acids is 1. The van der Waals surface area contributed by atoms with Crippen LogP contribution in [0.3, 0.4) is 0 Å². The van der Waals surface area contributed by atoms with Gasteiger partial charge in [-0.15, -0.1) is 0 Å². The standard InChI is InChI=1S/C19H22N2O5S/c1-15-7-9-16(10-8-15)21(14-12-18(22)20-13-11-19(23)24)27(25,26)17-5-3-2-4-6-17/h2-10H,11-14H2,1H3,(H,20,22)(H,23,24). The predicted molar refractivity (Wildman–Crippen MR) is 102 cm³/mol. The third-order valence-electron chi connectivity index (χ3n) is 3.86. The maximum Gasteiger partial charge on any atom is 0.305 e. The number of rotatable bonds is 9. The number of carbonyl (C=O) groups is 2. The number of benzene rings is 2. The number of sulfonamides is 1. The fourth-order valence-corrected chi connectivity index (χ4v) is 3.91. The Morgan fingerprint density at radius 3 is 2.22 bits per heavy atom. The van der Waals surface area contributed by atoms with Crippen molar-refractivity contribution < 1.29 is 23.1 Å². The molecule has 144 valence electrons. The molecule has 0 atom stereocenters. The molecular weight excluding hydrogens is 368 g/mol. The van der Waals surface area contributed by atoms with Crippen LogP contribution in [0.5, 0.6) is 0 Å². The van der Waals surface area contributed by atoms with Crippen LogP contribution in [0.4, 0.5) is 5.69 Å². The Morgan fingerprint density at radius 2 is 1.63 bits per heavy atom.